The fourth-order valence-corrected chi connectivity index (χ4v) is 2.80. The van der Waals surface area contributed by atoms with Crippen LogP contribution in [-0.2, 0) is 0 Å². The van der Waals surface area contributed by atoms with Gasteiger partial charge in [-0.15, -0.1) is 0 Å². The highest BCUT2D eigenvalue weighted by Crippen LogP contribution is 2.60. The Balaban J connectivity index is 1.90. The number of rotatable bonds is 1. The van der Waals surface area contributed by atoms with E-state index in [1.54, 1.807) is 0 Å². The lowest BCUT2D eigenvalue weighted by Crippen LogP contribution is -2.52. The van der Waals surface area contributed by atoms with Crippen LogP contribution < -0.4 is 0 Å². The van der Waals surface area contributed by atoms with E-state index in [0.717, 1.165) is 11.5 Å². The summed E-state index contributed by atoms with van der Waals surface area (Å²) in [5, 5.41) is 9.79. The summed E-state index contributed by atoms with van der Waals surface area (Å²) in [7, 11) is 0. The normalized spacial score (nSPS) is 57.7. The maximum Gasteiger partial charge on any atom is 0.103 e. The number of fused-ring (bicyclic) bond motifs is 1. The van der Waals surface area contributed by atoms with Gasteiger partial charge in [-0.1, -0.05) is 0 Å². The number of thioether (sulfide) groups is 1. The van der Waals surface area contributed by atoms with E-state index in [4.69, 9.17) is 0 Å². The smallest absolute Gasteiger partial charge is 0.103 e. The first-order valence-corrected chi connectivity index (χ1v) is 4.48. The lowest BCUT2D eigenvalue weighted by atomic mass is 9.94. The van der Waals surface area contributed by atoms with Crippen LogP contribution in [0.2, 0.25) is 0 Å². The molecule has 0 saturated carbocycles. The lowest BCUT2D eigenvalue weighted by molar-refractivity contribution is 0.0615. The molecule has 3 saturated heterocycles. The molecule has 3 heterocycles. The van der Waals surface area contributed by atoms with Gasteiger partial charge in [0.05, 0.1) is 5.54 Å². The van der Waals surface area contributed by atoms with Crippen molar-refractivity contribution < 1.29 is 5.11 Å². The zero-order valence-corrected chi connectivity index (χ0v) is 5.95. The maximum absolute atomic E-state index is 9.79. The Bertz CT molecular complexity index is 172. The number of aliphatic hydroxyl groups is 1. The first-order valence-electron chi connectivity index (χ1n) is 3.32. The molecular weight excluding hydrogens is 134 g/mol. The Morgan fingerprint density at radius 3 is 2.00 bits per heavy atom. The summed E-state index contributed by atoms with van der Waals surface area (Å²) in [5.74, 6) is 1.95. The summed E-state index contributed by atoms with van der Waals surface area (Å²) in [4.78, 5) is 2.34. The van der Waals surface area contributed by atoms with Crippen molar-refractivity contribution in [2.45, 2.75) is 11.1 Å². The van der Waals surface area contributed by atoms with E-state index in [1.165, 1.54) is 13.1 Å². The van der Waals surface area contributed by atoms with E-state index < -0.39 is 0 Å². The molecule has 2 nitrogen and oxygen atoms in total. The van der Waals surface area contributed by atoms with E-state index in [2.05, 4.69) is 4.90 Å². The van der Waals surface area contributed by atoms with Crippen LogP contribution in [0, 0.1) is 0 Å². The van der Waals surface area contributed by atoms with Crippen molar-refractivity contribution in [1.29, 1.82) is 0 Å². The average Bonchev–Trinajstić information content (AvgIpc) is 2.39. The van der Waals surface area contributed by atoms with Gasteiger partial charge in [0.15, 0.2) is 0 Å². The van der Waals surface area contributed by atoms with Crippen LogP contribution in [0.3, 0.4) is 0 Å². The molecule has 0 radical (unpaired) electrons. The summed E-state index contributed by atoms with van der Waals surface area (Å²) in [6.07, 6.45) is 0. The molecule has 0 aromatic rings. The predicted molar refractivity (Wildman–Crippen MR) is 36.6 cm³/mol. The molecule has 9 heavy (non-hydrogen) atoms. The summed E-state index contributed by atoms with van der Waals surface area (Å²) < 4.78 is 0. The predicted octanol–water partition coefficient (Wildman–Crippen LogP) is -0.468. The first-order chi connectivity index (χ1) is 4.27. The van der Waals surface area contributed by atoms with Gasteiger partial charge in [0.1, 0.15) is 5.60 Å². The van der Waals surface area contributed by atoms with Gasteiger partial charge in [0.25, 0.3) is 0 Å². The van der Waals surface area contributed by atoms with Crippen LogP contribution in [0.1, 0.15) is 0 Å². The van der Waals surface area contributed by atoms with E-state index in [0.29, 0.717) is 5.54 Å². The highest BCUT2D eigenvalue weighted by Gasteiger charge is 2.79. The van der Waals surface area contributed by atoms with E-state index in [9.17, 15) is 5.11 Å². The molecule has 0 unspecified atom stereocenters. The molecule has 3 heteroatoms. The minimum Gasteiger partial charge on any atom is -0.386 e. The summed E-state index contributed by atoms with van der Waals surface area (Å²) in [5.41, 5.74) is 0.0515. The van der Waals surface area contributed by atoms with E-state index in [-0.39, 0.29) is 5.60 Å². The number of hydrogen-bond acceptors (Lipinski definition) is 3. The molecule has 3 fully saturated rings. The summed E-state index contributed by atoms with van der Waals surface area (Å²) in [6.45, 7) is 2.34. The standard InChI is InChI=1S/C6H9NOS/c8-6(3-9-4-6)5-1-7(5)2-5/h8H,1-4H2. The minimum absolute atomic E-state index is 0.266. The van der Waals surface area contributed by atoms with Crippen molar-refractivity contribution in [3.05, 3.63) is 0 Å². The molecular formula is C6H9NOS. The molecule has 0 aliphatic carbocycles. The van der Waals surface area contributed by atoms with Gasteiger partial charge in [-0.25, -0.2) is 0 Å². The molecule has 3 aliphatic rings. The SMILES string of the molecule is OC1(C23CN2C3)CSC1. The number of nitrogens with zero attached hydrogens (tertiary/aromatic N) is 1. The molecule has 1 N–H and O–H groups in total. The topological polar surface area (TPSA) is 23.2 Å². The van der Waals surface area contributed by atoms with Crippen LogP contribution in [0.5, 0.6) is 0 Å². The monoisotopic (exact) mass is 143 g/mol. The molecule has 0 aromatic heterocycles. The minimum atomic E-state index is -0.266. The average molecular weight is 143 g/mol. The molecule has 0 amide bonds. The summed E-state index contributed by atoms with van der Waals surface area (Å²) >= 11 is 1.86. The third kappa shape index (κ3) is 0.379. The Labute approximate surface area is 58.2 Å². The van der Waals surface area contributed by atoms with Crippen LogP contribution >= 0.6 is 11.8 Å². The van der Waals surface area contributed by atoms with Crippen LogP contribution in [0.25, 0.3) is 0 Å². The van der Waals surface area contributed by atoms with Crippen molar-refractivity contribution in [1.82, 2.24) is 4.90 Å². The Kier molecular flexibility index (Phi) is 0.590. The zero-order chi connectivity index (χ0) is 6.11. The maximum atomic E-state index is 9.79. The van der Waals surface area contributed by atoms with E-state index >= 15 is 0 Å². The Morgan fingerprint density at radius 2 is 1.89 bits per heavy atom. The van der Waals surface area contributed by atoms with Crippen LogP contribution in [-0.4, -0.2) is 45.7 Å². The second kappa shape index (κ2) is 1.06. The molecule has 0 bridgehead atoms. The Morgan fingerprint density at radius 1 is 1.33 bits per heavy atom. The fourth-order valence-electron chi connectivity index (χ4n) is 1.67. The van der Waals surface area contributed by atoms with Crippen molar-refractivity contribution in [3.8, 4) is 0 Å². The third-order valence-electron chi connectivity index (χ3n) is 2.85. The van der Waals surface area contributed by atoms with Gasteiger partial charge < -0.3 is 5.11 Å². The Hall–Kier alpha value is 0.270. The highest BCUT2D eigenvalue weighted by atomic mass is 32.2. The molecule has 0 spiro atoms. The second-order valence-corrected chi connectivity index (χ2v) is 4.40. The second-order valence-electron chi connectivity index (χ2n) is 3.41. The highest BCUT2D eigenvalue weighted by molar-refractivity contribution is 8.00. The van der Waals surface area contributed by atoms with Gasteiger partial charge in [-0.3, -0.25) is 4.90 Å². The molecule has 3 rings (SSSR count). The molecule has 50 valence electrons. The fraction of sp³-hybridized carbons (Fsp3) is 1.00. The third-order valence-corrected chi connectivity index (χ3v) is 4.21. The zero-order valence-electron chi connectivity index (χ0n) is 5.13. The van der Waals surface area contributed by atoms with Crippen LogP contribution in [0.15, 0.2) is 0 Å². The van der Waals surface area contributed by atoms with Gasteiger partial charge in [0, 0.05) is 24.6 Å². The largest absolute Gasteiger partial charge is 0.386 e. The van der Waals surface area contributed by atoms with Crippen molar-refractivity contribution in [2.24, 2.45) is 0 Å². The molecule has 3 aliphatic heterocycles. The first kappa shape index (κ1) is 4.99. The van der Waals surface area contributed by atoms with Crippen molar-refractivity contribution in [2.75, 3.05) is 24.6 Å². The van der Waals surface area contributed by atoms with Gasteiger partial charge in [-0.05, 0) is 0 Å². The molecule has 0 aromatic carbocycles. The van der Waals surface area contributed by atoms with Crippen molar-refractivity contribution in [3.63, 3.8) is 0 Å². The summed E-state index contributed by atoms with van der Waals surface area (Å²) in [6, 6.07) is 0. The molecule has 0 atom stereocenters. The lowest BCUT2D eigenvalue weighted by Gasteiger charge is -2.37. The van der Waals surface area contributed by atoms with Crippen LogP contribution in [0.4, 0.5) is 0 Å². The quantitative estimate of drug-likeness (QED) is 0.502. The number of hydrogen-bond donors (Lipinski definition) is 1. The van der Waals surface area contributed by atoms with E-state index in [1.807, 2.05) is 11.8 Å². The van der Waals surface area contributed by atoms with Crippen molar-refractivity contribution >= 4 is 11.8 Å². The van der Waals surface area contributed by atoms with Gasteiger partial charge in [0.2, 0.25) is 0 Å². The van der Waals surface area contributed by atoms with Gasteiger partial charge >= 0.3 is 0 Å². The van der Waals surface area contributed by atoms with Gasteiger partial charge in [-0.2, -0.15) is 11.8 Å².